The lowest BCUT2D eigenvalue weighted by Gasteiger charge is -2.08. The van der Waals surface area contributed by atoms with Crippen LogP contribution in [0.4, 0.5) is 5.95 Å². The predicted molar refractivity (Wildman–Crippen MR) is 106 cm³/mol. The summed E-state index contributed by atoms with van der Waals surface area (Å²) in [5.41, 5.74) is 2.38. The minimum atomic E-state index is -0.246. The molecule has 4 rings (SSSR count). The van der Waals surface area contributed by atoms with Crippen molar-refractivity contribution >= 4 is 11.9 Å². The van der Waals surface area contributed by atoms with Gasteiger partial charge in [-0.05, 0) is 35.4 Å². The molecule has 1 aromatic heterocycles. The van der Waals surface area contributed by atoms with Crippen molar-refractivity contribution in [1.29, 1.82) is 0 Å². The van der Waals surface area contributed by atoms with E-state index in [4.69, 9.17) is 14.2 Å². The molecule has 0 spiro atoms. The summed E-state index contributed by atoms with van der Waals surface area (Å²) in [4.78, 5) is 20.7. The van der Waals surface area contributed by atoms with Gasteiger partial charge in [0, 0.05) is 25.5 Å². The normalized spacial score (nSPS) is 11.8. The van der Waals surface area contributed by atoms with E-state index < -0.39 is 0 Å². The number of aromatic nitrogens is 2. The van der Waals surface area contributed by atoms with Crippen LogP contribution >= 0.6 is 0 Å². The van der Waals surface area contributed by atoms with Gasteiger partial charge in [0.15, 0.2) is 11.5 Å². The number of hydrogen-bond acceptors (Lipinski definition) is 7. The van der Waals surface area contributed by atoms with Crippen molar-refractivity contribution in [1.82, 2.24) is 15.3 Å². The molecule has 8 nitrogen and oxygen atoms in total. The van der Waals surface area contributed by atoms with Crippen molar-refractivity contribution < 1.29 is 19.0 Å². The third kappa shape index (κ3) is 4.55. The van der Waals surface area contributed by atoms with E-state index in [9.17, 15) is 4.79 Å². The summed E-state index contributed by atoms with van der Waals surface area (Å²) in [6.07, 6.45) is 3.00. The van der Waals surface area contributed by atoms with E-state index in [0.29, 0.717) is 36.1 Å². The number of amides is 1. The maximum atomic E-state index is 12.3. The average Bonchev–Trinajstić information content (AvgIpc) is 3.24. The number of rotatable bonds is 7. The quantitative estimate of drug-likeness (QED) is 0.638. The molecule has 1 aliphatic heterocycles. The minimum Gasteiger partial charge on any atom is -0.497 e. The molecule has 0 saturated carbocycles. The SMILES string of the molecule is COc1ccc(CNc2ncc(C(=O)NCc3ccc4c(c3)OCO4)cn2)cc1. The maximum absolute atomic E-state index is 12.3. The number of carbonyl (C=O) groups excluding carboxylic acids is 1. The van der Waals surface area contributed by atoms with E-state index in [2.05, 4.69) is 20.6 Å². The van der Waals surface area contributed by atoms with Gasteiger partial charge >= 0.3 is 0 Å². The molecule has 0 unspecified atom stereocenters. The van der Waals surface area contributed by atoms with Crippen LogP contribution in [0.25, 0.3) is 0 Å². The number of fused-ring (bicyclic) bond motifs is 1. The van der Waals surface area contributed by atoms with E-state index >= 15 is 0 Å². The standard InChI is InChI=1S/C21H20N4O4/c1-27-17-5-2-14(3-6-17)9-23-21-24-11-16(12-25-21)20(26)22-10-15-4-7-18-19(8-15)29-13-28-18/h2-8,11-12H,9-10,13H2,1H3,(H,22,26)(H,23,24,25). The highest BCUT2D eigenvalue weighted by molar-refractivity contribution is 5.93. The number of carbonyl (C=O) groups is 1. The van der Waals surface area contributed by atoms with E-state index in [1.807, 2.05) is 42.5 Å². The highest BCUT2D eigenvalue weighted by atomic mass is 16.7. The predicted octanol–water partition coefficient (Wildman–Crippen LogP) is 2.76. The van der Waals surface area contributed by atoms with E-state index in [0.717, 1.165) is 16.9 Å². The van der Waals surface area contributed by atoms with Crippen molar-refractivity contribution in [2.45, 2.75) is 13.1 Å². The first-order valence-electron chi connectivity index (χ1n) is 9.07. The third-order valence-corrected chi connectivity index (χ3v) is 4.41. The minimum absolute atomic E-state index is 0.224. The maximum Gasteiger partial charge on any atom is 0.254 e. The fourth-order valence-electron chi connectivity index (χ4n) is 2.80. The van der Waals surface area contributed by atoms with Crippen LogP contribution in [0.15, 0.2) is 54.9 Å². The summed E-state index contributed by atoms with van der Waals surface area (Å²) >= 11 is 0. The molecule has 0 saturated heterocycles. The van der Waals surface area contributed by atoms with Gasteiger partial charge in [-0.25, -0.2) is 9.97 Å². The Morgan fingerprint density at radius 2 is 1.72 bits per heavy atom. The molecule has 1 aliphatic rings. The van der Waals surface area contributed by atoms with Crippen molar-refractivity contribution in [3.63, 3.8) is 0 Å². The lowest BCUT2D eigenvalue weighted by atomic mass is 10.2. The van der Waals surface area contributed by atoms with Gasteiger partial charge in [0.25, 0.3) is 5.91 Å². The van der Waals surface area contributed by atoms with Crippen LogP contribution in [0, 0.1) is 0 Å². The van der Waals surface area contributed by atoms with Crippen LogP contribution in [0.1, 0.15) is 21.5 Å². The summed E-state index contributed by atoms with van der Waals surface area (Å²) < 4.78 is 15.8. The van der Waals surface area contributed by atoms with Gasteiger partial charge in [0.05, 0.1) is 12.7 Å². The summed E-state index contributed by atoms with van der Waals surface area (Å²) in [5.74, 6) is 2.41. The van der Waals surface area contributed by atoms with Crippen LogP contribution in [-0.2, 0) is 13.1 Å². The molecule has 0 atom stereocenters. The largest absolute Gasteiger partial charge is 0.497 e. The highest BCUT2D eigenvalue weighted by Gasteiger charge is 2.14. The van der Waals surface area contributed by atoms with Crippen LogP contribution in [0.2, 0.25) is 0 Å². The van der Waals surface area contributed by atoms with E-state index in [1.54, 1.807) is 7.11 Å². The fourth-order valence-corrected chi connectivity index (χ4v) is 2.80. The Kier molecular flexibility index (Phi) is 5.42. The molecule has 0 fully saturated rings. The average molecular weight is 392 g/mol. The molecular weight excluding hydrogens is 372 g/mol. The Morgan fingerprint density at radius 3 is 2.48 bits per heavy atom. The Hall–Kier alpha value is -3.81. The van der Waals surface area contributed by atoms with Crippen molar-refractivity contribution in [3.8, 4) is 17.2 Å². The van der Waals surface area contributed by atoms with Gasteiger partial charge in [-0.1, -0.05) is 18.2 Å². The number of nitrogens with zero attached hydrogens (tertiary/aromatic N) is 2. The summed E-state index contributed by atoms with van der Waals surface area (Å²) in [6.45, 7) is 1.16. The molecule has 0 aliphatic carbocycles. The zero-order chi connectivity index (χ0) is 20.1. The van der Waals surface area contributed by atoms with E-state index in [-0.39, 0.29) is 12.7 Å². The number of anilines is 1. The molecule has 29 heavy (non-hydrogen) atoms. The van der Waals surface area contributed by atoms with Crippen molar-refractivity contribution in [2.75, 3.05) is 19.2 Å². The van der Waals surface area contributed by atoms with Crippen molar-refractivity contribution in [3.05, 3.63) is 71.5 Å². The zero-order valence-corrected chi connectivity index (χ0v) is 15.8. The Labute approximate surface area is 167 Å². The van der Waals surface area contributed by atoms with Crippen LogP contribution < -0.4 is 24.8 Å². The summed E-state index contributed by atoms with van der Waals surface area (Å²) in [6, 6.07) is 13.3. The smallest absolute Gasteiger partial charge is 0.254 e. The molecule has 2 N–H and O–H groups in total. The van der Waals surface area contributed by atoms with Crippen molar-refractivity contribution in [2.24, 2.45) is 0 Å². The molecule has 0 radical (unpaired) electrons. The molecule has 2 aromatic carbocycles. The molecule has 1 amide bonds. The Bertz CT molecular complexity index is 991. The highest BCUT2D eigenvalue weighted by Crippen LogP contribution is 2.32. The van der Waals surface area contributed by atoms with Crippen LogP contribution in [0.3, 0.4) is 0 Å². The molecule has 0 bridgehead atoms. The second-order valence-corrected chi connectivity index (χ2v) is 6.37. The number of hydrogen-bond donors (Lipinski definition) is 2. The molecule has 3 aromatic rings. The number of nitrogens with one attached hydrogen (secondary N) is 2. The Balaban J connectivity index is 1.29. The summed E-state index contributed by atoms with van der Waals surface area (Å²) in [7, 11) is 1.63. The number of methoxy groups -OCH3 is 1. The summed E-state index contributed by atoms with van der Waals surface area (Å²) in [5, 5.41) is 5.97. The van der Waals surface area contributed by atoms with Crippen LogP contribution in [-0.4, -0.2) is 29.8 Å². The topological polar surface area (TPSA) is 94.6 Å². The number of benzene rings is 2. The molecule has 2 heterocycles. The van der Waals surface area contributed by atoms with Gasteiger partial charge in [-0.3, -0.25) is 4.79 Å². The second kappa shape index (κ2) is 8.47. The number of ether oxygens (including phenoxy) is 3. The van der Waals surface area contributed by atoms with Gasteiger partial charge < -0.3 is 24.8 Å². The lowest BCUT2D eigenvalue weighted by molar-refractivity contribution is 0.0950. The Morgan fingerprint density at radius 1 is 1.00 bits per heavy atom. The molecule has 8 heteroatoms. The van der Waals surface area contributed by atoms with Gasteiger partial charge in [-0.2, -0.15) is 0 Å². The first-order valence-corrected chi connectivity index (χ1v) is 9.07. The third-order valence-electron chi connectivity index (χ3n) is 4.41. The molecule has 148 valence electrons. The van der Waals surface area contributed by atoms with E-state index in [1.165, 1.54) is 12.4 Å². The fraction of sp³-hybridized carbons (Fsp3) is 0.190. The molecular formula is C21H20N4O4. The van der Waals surface area contributed by atoms with Gasteiger partial charge in [-0.15, -0.1) is 0 Å². The first kappa shape index (κ1) is 18.5. The second-order valence-electron chi connectivity index (χ2n) is 6.37. The van der Waals surface area contributed by atoms with Gasteiger partial charge in [0.1, 0.15) is 5.75 Å². The monoisotopic (exact) mass is 392 g/mol. The lowest BCUT2D eigenvalue weighted by Crippen LogP contribution is -2.23. The zero-order valence-electron chi connectivity index (χ0n) is 15.8. The van der Waals surface area contributed by atoms with Gasteiger partial charge in [0.2, 0.25) is 12.7 Å². The first-order chi connectivity index (χ1) is 14.2. The van der Waals surface area contributed by atoms with Crippen LogP contribution in [0.5, 0.6) is 17.2 Å².